The fourth-order valence-electron chi connectivity index (χ4n) is 3.36. The fourth-order valence-corrected chi connectivity index (χ4v) is 4.11. The van der Waals surface area contributed by atoms with E-state index in [0.717, 1.165) is 19.4 Å². The average molecular weight is 464 g/mol. The first-order valence-electron chi connectivity index (χ1n) is 10.0. The molecule has 3 heterocycles. The summed E-state index contributed by atoms with van der Waals surface area (Å²) in [6.07, 6.45) is 3.79. The van der Waals surface area contributed by atoms with Gasteiger partial charge in [-0.3, -0.25) is 14.0 Å². The second-order valence-electron chi connectivity index (χ2n) is 7.14. The van der Waals surface area contributed by atoms with Crippen LogP contribution in [-0.2, 0) is 23.1 Å². The number of halogens is 2. The Hall–Kier alpha value is -2.99. The summed E-state index contributed by atoms with van der Waals surface area (Å²) in [4.78, 5) is 12.5. The number of ether oxygens (including phenoxy) is 2. The lowest BCUT2D eigenvalue weighted by Crippen LogP contribution is -2.18. The van der Waals surface area contributed by atoms with Gasteiger partial charge in [0.2, 0.25) is 5.91 Å². The number of aromatic nitrogens is 5. The molecule has 0 aliphatic carbocycles. The molecule has 2 aromatic heterocycles. The molecular weight excluding hydrogens is 442 g/mol. The van der Waals surface area contributed by atoms with Crippen LogP contribution < -0.4 is 10.1 Å². The predicted octanol–water partition coefficient (Wildman–Crippen LogP) is 3.19. The zero-order chi connectivity index (χ0) is 22.5. The van der Waals surface area contributed by atoms with Crippen LogP contribution >= 0.6 is 11.8 Å². The number of hydrogen-bond donors (Lipinski definition) is 1. The van der Waals surface area contributed by atoms with Crippen molar-refractivity contribution in [2.45, 2.75) is 37.3 Å². The number of thioether (sulfide) groups is 1. The van der Waals surface area contributed by atoms with Gasteiger partial charge in [-0.15, -0.1) is 10.2 Å². The Morgan fingerprint density at radius 1 is 1.34 bits per heavy atom. The highest BCUT2D eigenvalue weighted by Gasteiger charge is 2.23. The Bertz CT molecular complexity index is 1070. The molecule has 32 heavy (non-hydrogen) atoms. The van der Waals surface area contributed by atoms with Crippen LogP contribution in [-0.4, -0.2) is 55.5 Å². The van der Waals surface area contributed by atoms with E-state index in [1.807, 2.05) is 23.9 Å². The number of nitrogens with zero attached hydrogens (tertiary/aromatic N) is 5. The van der Waals surface area contributed by atoms with Gasteiger partial charge in [0.25, 0.3) is 0 Å². The molecule has 0 saturated carbocycles. The molecule has 1 atom stereocenters. The quantitative estimate of drug-likeness (QED) is 0.486. The maximum Gasteiger partial charge on any atom is 0.387 e. The number of alkyl halides is 2. The highest BCUT2D eigenvalue weighted by atomic mass is 32.2. The molecule has 4 rings (SSSR count). The molecule has 1 fully saturated rings. The van der Waals surface area contributed by atoms with E-state index >= 15 is 0 Å². The number of benzene rings is 1. The number of anilines is 1. The number of rotatable bonds is 9. The molecule has 1 N–H and O–H groups in total. The van der Waals surface area contributed by atoms with Gasteiger partial charge in [-0.1, -0.05) is 23.9 Å². The summed E-state index contributed by atoms with van der Waals surface area (Å²) >= 11 is 1.20. The third-order valence-electron chi connectivity index (χ3n) is 4.78. The summed E-state index contributed by atoms with van der Waals surface area (Å²) in [6, 6.07) is 7.88. The first-order chi connectivity index (χ1) is 15.5. The van der Waals surface area contributed by atoms with Gasteiger partial charge in [-0.2, -0.15) is 13.9 Å². The number of aryl methyl sites for hydroxylation is 1. The average Bonchev–Trinajstić information content (AvgIpc) is 3.50. The van der Waals surface area contributed by atoms with Crippen LogP contribution in [0.3, 0.4) is 0 Å². The Kier molecular flexibility index (Phi) is 7.00. The van der Waals surface area contributed by atoms with E-state index in [9.17, 15) is 13.6 Å². The maximum absolute atomic E-state index is 12.6. The molecule has 1 saturated heterocycles. The second-order valence-corrected chi connectivity index (χ2v) is 8.08. The normalized spacial score (nSPS) is 15.9. The summed E-state index contributed by atoms with van der Waals surface area (Å²) in [6.45, 7) is -1.71. The van der Waals surface area contributed by atoms with Crippen molar-refractivity contribution in [3.05, 3.63) is 36.5 Å². The van der Waals surface area contributed by atoms with Crippen LogP contribution in [0.4, 0.5) is 14.5 Å². The van der Waals surface area contributed by atoms with E-state index in [1.165, 1.54) is 23.9 Å². The van der Waals surface area contributed by atoms with Crippen molar-refractivity contribution in [2.24, 2.45) is 7.05 Å². The SMILES string of the molecule is Cn1ccc(-c2nnc(SCC(=O)Nc3ccccc3OC(F)F)n2C[C@@H]2CCCO2)n1. The third kappa shape index (κ3) is 5.43. The van der Waals surface area contributed by atoms with Crippen molar-refractivity contribution in [3.63, 3.8) is 0 Å². The summed E-state index contributed by atoms with van der Waals surface area (Å²) in [5.41, 5.74) is 0.848. The van der Waals surface area contributed by atoms with Gasteiger partial charge in [0.05, 0.1) is 24.1 Å². The third-order valence-corrected chi connectivity index (χ3v) is 5.75. The minimum absolute atomic E-state index is 0.00882. The fraction of sp³-hybridized carbons (Fsp3) is 0.400. The highest BCUT2D eigenvalue weighted by molar-refractivity contribution is 7.99. The second kappa shape index (κ2) is 10.1. The summed E-state index contributed by atoms with van der Waals surface area (Å²) in [7, 11) is 1.82. The van der Waals surface area contributed by atoms with Crippen LogP contribution in [0.25, 0.3) is 11.5 Å². The van der Waals surface area contributed by atoms with Crippen molar-refractivity contribution < 1.29 is 23.0 Å². The van der Waals surface area contributed by atoms with E-state index in [1.54, 1.807) is 16.8 Å². The Balaban J connectivity index is 1.47. The number of amides is 1. The van der Waals surface area contributed by atoms with E-state index in [-0.39, 0.29) is 29.2 Å². The lowest BCUT2D eigenvalue weighted by molar-refractivity contribution is -0.113. The number of carbonyl (C=O) groups excluding carboxylic acids is 1. The van der Waals surface area contributed by atoms with Gasteiger partial charge >= 0.3 is 6.61 Å². The van der Waals surface area contributed by atoms with Crippen LogP contribution in [0.5, 0.6) is 5.75 Å². The lowest BCUT2D eigenvalue weighted by atomic mass is 10.2. The van der Waals surface area contributed by atoms with Gasteiger partial charge in [0.1, 0.15) is 11.4 Å². The molecule has 0 unspecified atom stereocenters. The smallest absolute Gasteiger partial charge is 0.387 e. The van der Waals surface area contributed by atoms with Crippen molar-refractivity contribution >= 4 is 23.4 Å². The topological polar surface area (TPSA) is 96.1 Å². The predicted molar refractivity (Wildman–Crippen MR) is 114 cm³/mol. The van der Waals surface area contributed by atoms with E-state index in [2.05, 4.69) is 25.3 Å². The largest absolute Gasteiger partial charge is 0.433 e. The lowest BCUT2D eigenvalue weighted by Gasteiger charge is -2.14. The van der Waals surface area contributed by atoms with Gasteiger partial charge in [0, 0.05) is 19.9 Å². The van der Waals surface area contributed by atoms with E-state index in [0.29, 0.717) is 23.2 Å². The van der Waals surface area contributed by atoms with Crippen LogP contribution in [0.15, 0.2) is 41.7 Å². The molecule has 0 radical (unpaired) electrons. The minimum Gasteiger partial charge on any atom is -0.433 e. The molecule has 1 amide bonds. The summed E-state index contributed by atoms with van der Waals surface area (Å²) in [5, 5.41) is 16.1. The molecule has 0 spiro atoms. The number of para-hydroxylation sites is 2. The van der Waals surface area contributed by atoms with E-state index < -0.39 is 6.61 Å². The zero-order valence-corrected chi connectivity index (χ0v) is 18.1. The van der Waals surface area contributed by atoms with Crippen LogP contribution in [0.2, 0.25) is 0 Å². The Morgan fingerprint density at radius 2 is 2.19 bits per heavy atom. The van der Waals surface area contributed by atoms with Gasteiger partial charge in [-0.25, -0.2) is 0 Å². The summed E-state index contributed by atoms with van der Waals surface area (Å²) < 4.78 is 39.0. The standard InChI is InChI=1S/C20H22F2N6O3S/c1-27-9-8-15(26-27)18-24-25-20(28(18)11-13-5-4-10-30-13)32-12-17(29)23-14-6-2-3-7-16(14)31-19(21)22/h2-3,6-9,13,19H,4-5,10-12H2,1H3,(H,23,29)/t13-/m0/s1. The minimum atomic E-state index is -2.98. The molecule has 1 aromatic carbocycles. The van der Waals surface area contributed by atoms with Crippen LogP contribution in [0, 0.1) is 0 Å². The van der Waals surface area contributed by atoms with E-state index in [4.69, 9.17) is 4.74 Å². The van der Waals surface area contributed by atoms with Gasteiger partial charge in [0.15, 0.2) is 11.0 Å². The molecular formula is C20H22F2N6O3S. The number of carbonyl (C=O) groups is 1. The zero-order valence-electron chi connectivity index (χ0n) is 17.3. The molecule has 1 aliphatic heterocycles. The molecule has 9 nitrogen and oxygen atoms in total. The molecule has 170 valence electrons. The van der Waals surface area contributed by atoms with Crippen molar-refractivity contribution in [2.75, 3.05) is 17.7 Å². The highest BCUT2D eigenvalue weighted by Crippen LogP contribution is 2.28. The van der Waals surface area contributed by atoms with Gasteiger partial charge < -0.3 is 14.8 Å². The number of nitrogens with one attached hydrogen (secondary N) is 1. The van der Waals surface area contributed by atoms with Gasteiger partial charge in [-0.05, 0) is 31.0 Å². The van der Waals surface area contributed by atoms with Crippen LogP contribution in [0.1, 0.15) is 12.8 Å². The Labute approximate surface area is 187 Å². The first kappa shape index (κ1) is 22.2. The molecule has 3 aromatic rings. The Morgan fingerprint density at radius 3 is 2.91 bits per heavy atom. The molecule has 1 aliphatic rings. The van der Waals surface area contributed by atoms with Crippen molar-refractivity contribution in [1.82, 2.24) is 24.5 Å². The van der Waals surface area contributed by atoms with Crippen molar-refractivity contribution in [3.8, 4) is 17.3 Å². The molecule has 0 bridgehead atoms. The monoisotopic (exact) mass is 464 g/mol. The summed E-state index contributed by atoms with van der Waals surface area (Å²) in [5.74, 6) is 0.125. The van der Waals surface area contributed by atoms with Crippen molar-refractivity contribution in [1.29, 1.82) is 0 Å². The number of hydrogen-bond acceptors (Lipinski definition) is 7. The first-order valence-corrected chi connectivity index (χ1v) is 11.0. The maximum atomic E-state index is 12.6. The molecule has 12 heteroatoms.